The van der Waals surface area contributed by atoms with E-state index in [2.05, 4.69) is 56.0 Å². The summed E-state index contributed by atoms with van der Waals surface area (Å²) in [4.78, 5) is 2.63. The fourth-order valence-corrected chi connectivity index (χ4v) is 3.50. The van der Waals surface area contributed by atoms with Crippen molar-refractivity contribution in [2.45, 2.75) is 57.7 Å². The summed E-state index contributed by atoms with van der Waals surface area (Å²) in [5.74, 6) is 0. The van der Waals surface area contributed by atoms with Gasteiger partial charge in [-0.3, -0.25) is 4.90 Å². The van der Waals surface area contributed by atoms with Gasteiger partial charge in [0.2, 0.25) is 0 Å². The second kappa shape index (κ2) is 7.39. The van der Waals surface area contributed by atoms with Crippen LogP contribution in [0.25, 0.3) is 0 Å². The van der Waals surface area contributed by atoms with Crippen LogP contribution in [0.5, 0.6) is 0 Å². The third-order valence-electron chi connectivity index (χ3n) is 4.96. The zero-order chi connectivity index (χ0) is 15.3. The van der Waals surface area contributed by atoms with Crippen LogP contribution < -0.4 is 5.73 Å². The number of benzene rings is 1. The number of rotatable bonds is 6. The van der Waals surface area contributed by atoms with Crippen LogP contribution in [0, 0.1) is 0 Å². The molecule has 3 nitrogen and oxygen atoms in total. The average Bonchev–Trinajstić information content (AvgIpc) is 2.53. The first kappa shape index (κ1) is 16.5. The van der Waals surface area contributed by atoms with Crippen molar-refractivity contribution in [3.05, 3.63) is 35.9 Å². The molecule has 0 radical (unpaired) electrons. The van der Waals surface area contributed by atoms with Crippen molar-refractivity contribution in [1.29, 1.82) is 0 Å². The van der Waals surface area contributed by atoms with Crippen molar-refractivity contribution in [3.63, 3.8) is 0 Å². The van der Waals surface area contributed by atoms with E-state index in [0.717, 1.165) is 32.4 Å². The van der Waals surface area contributed by atoms with E-state index in [0.29, 0.717) is 18.7 Å². The Morgan fingerprint density at radius 3 is 2.57 bits per heavy atom. The molecule has 1 aromatic carbocycles. The van der Waals surface area contributed by atoms with Crippen LogP contribution in [0.1, 0.15) is 39.2 Å². The molecule has 0 saturated carbocycles. The first-order valence-electron chi connectivity index (χ1n) is 8.27. The molecule has 118 valence electrons. The summed E-state index contributed by atoms with van der Waals surface area (Å²) in [5.41, 5.74) is 7.69. The Bertz CT molecular complexity index is 416. The van der Waals surface area contributed by atoms with E-state index in [1.807, 2.05) is 0 Å². The number of hydrogen-bond acceptors (Lipinski definition) is 3. The predicted octanol–water partition coefficient (Wildman–Crippen LogP) is 2.84. The molecule has 0 bridgehead atoms. The van der Waals surface area contributed by atoms with Crippen LogP contribution in [0.15, 0.2) is 30.3 Å². The van der Waals surface area contributed by atoms with Gasteiger partial charge in [0.15, 0.2) is 0 Å². The maximum atomic E-state index is 6.28. The normalized spacial score (nSPS) is 26.5. The van der Waals surface area contributed by atoms with Gasteiger partial charge in [-0.2, -0.15) is 0 Å². The lowest BCUT2D eigenvalue weighted by Gasteiger charge is -2.51. The molecule has 1 heterocycles. The van der Waals surface area contributed by atoms with E-state index >= 15 is 0 Å². The van der Waals surface area contributed by atoms with E-state index in [4.69, 9.17) is 10.5 Å². The van der Waals surface area contributed by atoms with E-state index in [9.17, 15) is 0 Å². The molecule has 1 aliphatic heterocycles. The molecule has 0 aliphatic carbocycles. The molecule has 2 rings (SSSR count). The number of nitrogens with two attached hydrogens (primary N) is 1. The first-order valence-corrected chi connectivity index (χ1v) is 8.27. The third-order valence-corrected chi connectivity index (χ3v) is 4.96. The predicted molar refractivity (Wildman–Crippen MR) is 88.4 cm³/mol. The maximum Gasteiger partial charge on any atom is 0.0675 e. The van der Waals surface area contributed by atoms with Crippen molar-refractivity contribution in [2.24, 2.45) is 5.73 Å². The second-order valence-corrected chi connectivity index (χ2v) is 6.30. The summed E-state index contributed by atoms with van der Waals surface area (Å²) in [5, 5.41) is 0. The van der Waals surface area contributed by atoms with Crippen molar-refractivity contribution in [3.8, 4) is 0 Å². The molecule has 1 aromatic rings. The molecule has 1 saturated heterocycles. The monoisotopic (exact) mass is 290 g/mol. The van der Waals surface area contributed by atoms with Gasteiger partial charge in [-0.1, -0.05) is 44.2 Å². The van der Waals surface area contributed by atoms with Gasteiger partial charge >= 0.3 is 0 Å². The Labute approximate surface area is 129 Å². The molecule has 0 spiro atoms. The van der Waals surface area contributed by atoms with Crippen molar-refractivity contribution in [1.82, 2.24) is 4.90 Å². The van der Waals surface area contributed by atoms with E-state index in [-0.39, 0.29) is 5.54 Å². The molecule has 2 N–H and O–H groups in total. The molecule has 3 unspecified atom stereocenters. The molecular weight excluding hydrogens is 260 g/mol. The molecule has 1 aliphatic rings. The maximum absolute atomic E-state index is 6.28. The molecule has 21 heavy (non-hydrogen) atoms. The molecule has 1 fully saturated rings. The zero-order valence-electron chi connectivity index (χ0n) is 13.7. The highest BCUT2D eigenvalue weighted by molar-refractivity contribution is 5.19. The first-order chi connectivity index (χ1) is 10.1. The smallest absolute Gasteiger partial charge is 0.0675 e. The molecule has 0 amide bonds. The zero-order valence-corrected chi connectivity index (χ0v) is 13.7. The van der Waals surface area contributed by atoms with Crippen molar-refractivity contribution < 1.29 is 4.74 Å². The van der Waals surface area contributed by atoms with Crippen LogP contribution in [0.3, 0.4) is 0 Å². The summed E-state index contributed by atoms with van der Waals surface area (Å²) < 4.78 is 5.86. The highest BCUT2D eigenvalue weighted by Crippen LogP contribution is 2.30. The minimum atomic E-state index is 0.0417. The van der Waals surface area contributed by atoms with Gasteiger partial charge in [-0.25, -0.2) is 0 Å². The summed E-state index contributed by atoms with van der Waals surface area (Å²) in [6.07, 6.45) is 3.50. The summed E-state index contributed by atoms with van der Waals surface area (Å²) in [6, 6.07) is 11.2. The summed E-state index contributed by atoms with van der Waals surface area (Å²) in [7, 11) is 0. The quantitative estimate of drug-likeness (QED) is 0.875. The van der Waals surface area contributed by atoms with Crippen molar-refractivity contribution in [2.75, 3.05) is 19.7 Å². The lowest BCUT2D eigenvalue weighted by atomic mass is 9.84. The highest BCUT2D eigenvalue weighted by Gasteiger charge is 2.40. The summed E-state index contributed by atoms with van der Waals surface area (Å²) >= 11 is 0. The van der Waals surface area contributed by atoms with Crippen LogP contribution in [-0.2, 0) is 11.2 Å². The number of morpholine rings is 1. The van der Waals surface area contributed by atoms with E-state index in [1.165, 1.54) is 5.56 Å². The van der Waals surface area contributed by atoms with Crippen LogP contribution in [-0.4, -0.2) is 42.3 Å². The fraction of sp³-hybridized carbons (Fsp3) is 0.667. The van der Waals surface area contributed by atoms with Crippen molar-refractivity contribution >= 4 is 0 Å². The Morgan fingerprint density at radius 2 is 2.00 bits per heavy atom. The molecular formula is C18H30N2O. The van der Waals surface area contributed by atoms with Gasteiger partial charge in [0.1, 0.15) is 0 Å². The Morgan fingerprint density at radius 1 is 1.29 bits per heavy atom. The largest absolute Gasteiger partial charge is 0.376 e. The molecule has 0 aromatic heterocycles. The van der Waals surface area contributed by atoms with Gasteiger partial charge in [0.25, 0.3) is 0 Å². The Balaban J connectivity index is 2.26. The lowest BCUT2D eigenvalue weighted by molar-refractivity contribution is -0.0999. The Hall–Kier alpha value is -0.900. The van der Waals surface area contributed by atoms with E-state index < -0.39 is 0 Å². The van der Waals surface area contributed by atoms with Crippen LogP contribution in [0.4, 0.5) is 0 Å². The molecule has 3 atom stereocenters. The SMILES string of the molecule is CCC1COC(C)CN1C(CC)(CN)Cc1ccccc1. The molecule has 3 heteroatoms. The van der Waals surface area contributed by atoms with Gasteiger partial charge in [0, 0.05) is 24.7 Å². The van der Waals surface area contributed by atoms with Gasteiger partial charge in [-0.05, 0) is 31.7 Å². The topological polar surface area (TPSA) is 38.5 Å². The van der Waals surface area contributed by atoms with Gasteiger partial charge in [-0.15, -0.1) is 0 Å². The second-order valence-electron chi connectivity index (χ2n) is 6.30. The highest BCUT2D eigenvalue weighted by atomic mass is 16.5. The number of nitrogens with zero attached hydrogens (tertiary/aromatic N) is 1. The minimum Gasteiger partial charge on any atom is -0.376 e. The van der Waals surface area contributed by atoms with Crippen LogP contribution >= 0.6 is 0 Å². The average molecular weight is 290 g/mol. The van der Waals surface area contributed by atoms with Crippen LogP contribution in [0.2, 0.25) is 0 Å². The van der Waals surface area contributed by atoms with Gasteiger partial charge < -0.3 is 10.5 Å². The standard InChI is InChI=1S/C18H30N2O/c1-4-17-13-21-15(3)12-20(17)18(5-2,14-19)11-16-9-7-6-8-10-16/h6-10,15,17H,4-5,11-14,19H2,1-3H3. The Kier molecular flexibility index (Phi) is 5.80. The summed E-state index contributed by atoms with van der Waals surface area (Å²) in [6.45, 7) is 9.18. The third kappa shape index (κ3) is 3.65. The number of hydrogen-bond donors (Lipinski definition) is 1. The lowest BCUT2D eigenvalue weighted by Crippen LogP contribution is -2.63. The van der Waals surface area contributed by atoms with E-state index in [1.54, 1.807) is 0 Å². The van der Waals surface area contributed by atoms with Gasteiger partial charge in [0.05, 0.1) is 12.7 Å². The number of ether oxygens (including phenoxy) is 1. The minimum absolute atomic E-state index is 0.0417. The fourth-order valence-electron chi connectivity index (χ4n) is 3.50.